The number of aromatic amines is 1. The van der Waals surface area contributed by atoms with Gasteiger partial charge in [-0.3, -0.25) is 9.69 Å². The Balaban J connectivity index is 1.97. The van der Waals surface area contributed by atoms with E-state index in [1.807, 2.05) is 11.8 Å². The van der Waals surface area contributed by atoms with Gasteiger partial charge in [-0.15, -0.1) is 0 Å². The number of rotatable bonds is 2. The average molecular weight is 290 g/mol. The standard InChI is InChI=1S/C16H23N3O2/c1-12-11-13(2)17-15(18-5-3-4-6-18)14(12)16(20)19-7-9-21-10-8-19/h11H,3-10H2,1-2H3/p+1. The van der Waals surface area contributed by atoms with Crippen molar-refractivity contribution in [3.8, 4) is 0 Å². The van der Waals surface area contributed by atoms with Crippen LogP contribution < -0.4 is 9.88 Å². The number of ether oxygens (including phenoxy) is 1. The minimum Gasteiger partial charge on any atom is -0.378 e. The van der Waals surface area contributed by atoms with Gasteiger partial charge in [-0.05, 0) is 38.3 Å². The Morgan fingerprint density at radius 3 is 2.48 bits per heavy atom. The fourth-order valence-electron chi connectivity index (χ4n) is 3.24. The highest BCUT2D eigenvalue weighted by atomic mass is 16.5. The predicted molar refractivity (Wildman–Crippen MR) is 80.6 cm³/mol. The van der Waals surface area contributed by atoms with Crippen LogP contribution in [0.25, 0.3) is 0 Å². The number of hydrogen-bond acceptors (Lipinski definition) is 3. The van der Waals surface area contributed by atoms with Crippen LogP contribution in [0.5, 0.6) is 0 Å². The molecule has 2 aliphatic rings. The average Bonchev–Trinajstić information content (AvgIpc) is 3.01. The van der Waals surface area contributed by atoms with Crippen LogP contribution in [0.4, 0.5) is 5.82 Å². The van der Waals surface area contributed by atoms with Gasteiger partial charge >= 0.3 is 0 Å². The van der Waals surface area contributed by atoms with E-state index in [-0.39, 0.29) is 5.91 Å². The Morgan fingerprint density at radius 1 is 1.14 bits per heavy atom. The summed E-state index contributed by atoms with van der Waals surface area (Å²) in [5, 5.41) is 0. The maximum absolute atomic E-state index is 12.9. The van der Waals surface area contributed by atoms with Crippen molar-refractivity contribution in [3.63, 3.8) is 0 Å². The third-order valence-electron chi connectivity index (χ3n) is 4.31. The van der Waals surface area contributed by atoms with Crippen LogP contribution in [-0.4, -0.2) is 50.2 Å². The molecule has 0 unspecified atom stereocenters. The number of anilines is 1. The zero-order chi connectivity index (χ0) is 14.8. The molecule has 1 aromatic rings. The molecule has 0 radical (unpaired) electrons. The summed E-state index contributed by atoms with van der Waals surface area (Å²) in [4.78, 5) is 20.6. The molecule has 5 nitrogen and oxygen atoms in total. The molecule has 3 rings (SSSR count). The highest BCUT2D eigenvalue weighted by Crippen LogP contribution is 2.25. The Morgan fingerprint density at radius 2 is 1.81 bits per heavy atom. The summed E-state index contributed by atoms with van der Waals surface area (Å²) < 4.78 is 5.35. The lowest BCUT2D eigenvalue weighted by Crippen LogP contribution is -2.42. The summed E-state index contributed by atoms with van der Waals surface area (Å²) >= 11 is 0. The van der Waals surface area contributed by atoms with Crippen molar-refractivity contribution < 1.29 is 14.5 Å². The molecule has 2 fully saturated rings. The summed E-state index contributed by atoms with van der Waals surface area (Å²) in [7, 11) is 0. The van der Waals surface area contributed by atoms with Gasteiger partial charge in [0.25, 0.3) is 11.7 Å². The van der Waals surface area contributed by atoms with Gasteiger partial charge in [0, 0.05) is 13.1 Å². The van der Waals surface area contributed by atoms with Crippen molar-refractivity contribution in [2.24, 2.45) is 0 Å². The molecule has 114 valence electrons. The molecule has 1 aromatic heterocycles. The molecule has 0 atom stereocenters. The molecule has 0 bridgehead atoms. The molecule has 5 heteroatoms. The van der Waals surface area contributed by atoms with E-state index in [2.05, 4.69) is 22.9 Å². The van der Waals surface area contributed by atoms with Crippen LogP contribution in [0.1, 0.15) is 34.5 Å². The Labute approximate surface area is 125 Å². The molecule has 1 N–H and O–H groups in total. The highest BCUT2D eigenvalue weighted by Gasteiger charge is 2.32. The van der Waals surface area contributed by atoms with Crippen LogP contribution in [-0.2, 0) is 4.74 Å². The Kier molecular flexibility index (Phi) is 4.10. The van der Waals surface area contributed by atoms with Crippen molar-refractivity contribution >= 4 is 11.7 Å². The van der Waals surface area contributed by atoms with Gasteiger partial charge in [0.1, 0.15) is 5.56 Å². The van der Waals surface area contributed by atoms with E-state index in [0.717, 1.165) is 35.7 Å². The molecule has 0 aliphatic carbocycles. The summed E-state index contributed by atoms with van der Waals surface area (Å²) in [6.45, 7) is 8.80. The smallest absolute Gasteiger partial charge is 0.287 e. The topological polar surface area (TPSA) is 46.9 Å². The largest absolute Gasteiger partial charge is 0.378 e. The molecular weight excluding hydrogens is 266 g/mol. The summed E-state index contributed by atoms with van der Waals surface area (Å²) in [5.74, 6) is 1.13. The summed E-state index contributed by atoms with van der Waals surface area (Å²) in [6.07, 6.45) is 2.40. The molecule has 0 spiro atoms. The summed E-state index contributed by atoms with van der Waals surface area (Å²) in [5.41, 5.74) is 3.00. The van der Waals surface area contributed by atoms with Crippen molar-refractivity contribution in [2.75, 3.05) is 44.3 Å². The number of hydrogen-bond donors (Lipinski definition) is 0. The normalized spacial score (nSPS) is 19.1. The number of nitrogens with zero attached hydrogens (tertiary/aromatic N) is 2. The predicted octanol–water partition coefficient (Wildman–Crippen LogP) is 1.19. The lowest BCUT2D eigenvalue weighted by Gasteiger charge is -2.28. The third kappa shape index (κ3) is 2.88. The second-order valence-electron chi connectivity index (χ2n) is 5.96. The molecule has 2 aliphatic heterocycles. The van der Waals surface area contributed by atoms with Crippen LogP contribution in [0, 0.1) is 13.8 Å². The number of H-pyrrole nitrogens is 1. The first-order valence-electron chi connectivity index (χ1n) is 7.82. The van der Waals surface area contributed by atoms with E-state index in [1.54, 1.807) is 0 Å². The molecule has 0 saturated carbocycles. The van der Waals surface area contributed by atoms with E-state index in [4.69, 9.17) is 4.74 Å². The highest BCUT2D eigenvalue weighted by molar-refractivity contribution is 5.99. The van der Waals surface area contributed by atoms with E-state index < -0.39 is 0 Å². The van der Waals surface area contributed by atoms with Crippen LogP contribution >= 0.6 is 0 Å². The van der Waals surface area contributed by atoms with Gasteiger partial charge < -0.3 is 9.64 Å². The Hall–Kier alpha value is -1.62. The number of amides is 1. The first-order valence-corrected chi connectivity index (χ1v) is 7.82. The van der Waals surface area contributed by atoms with Gasteiger partial charge in [-0.2, -0.15) is 0 Å². The van der Waals surface area contributed by atoms with Crippen molar-refractivity contribution in [1.29, 1.82) is 0 Å². The maximum atomic E-state index is 12.9. The van der Waals surface area contributed by atoms with Crippen LogP contribution in [0.15, 0.2) is 6.07 Å². The second-order valence-corrected chi connectivity index (χ2v) is 5.96. The molecule has 21 heavy (non-hydrogen) atoms. The number of nitrogens with one attached hydrogen (secondary N) is 1. The number of aromatic nitrogens is 1. The zero-order valence-electron chi connectivity index (χ0n) is 12.9. The number of pyridine rings is 1. The first kappa shape index (κ1) is 14.3. The molecule has 2 saturated heterocycles. The third-order valence-corrected chi connectivity index (χ3v) is 4.31. The van der Waals surface area contributed by atoms with Gasteiger partial charge in [-0.25, -0.2) is 4.98 Å². The minimum absolute atomic E-state index is 0.133. The van der Waals surface area contributed by atoms with Gasteiger partial charge in [0.15, 0.2) is 0 Å². The van der Waals surface area contributed by atoms with E-state index >= 15 is 0 Å². The van der Waals surface area contributed by atoms with Crippen LogP contribution in [0.3, 0.4) is 0 Å². The maximum Gasteiger partial charge on any atom is 0.287 e. The second kappa shape index (κ2) is 6.02. The SMILES string of the molecule is Cc1cc(C)c(C(=O)N2CCOCC2)c(N2CCCC2)[nH+]1. The van der Waals surface area contributed by atoms with E-state index in [0.29, 0.717) is 26.3 Å². The number of carbonyl (C=O) groups excluding carboxylic acids is 1. The lowest BCUT2D eigenvalue weighted by atomic mass is 10.1. The van der Waals surface area contributed by atoms with Gasteiger partial charge in [-0.1, -0.05) is 0 Å². The minimum atomic E-state index is 0.133. The van der Waals surface area contributed by atoms with Crippen molar-refractivity contribution in [2.45, 2.75) is 26.7 Å². The van der Waals surface area contributed by atoms with Crippen molar-refractivity contribution in [1.82, 2.24) is 4.90 Å². The van der Waals surface area contributed by atoms with E-state index in [9.17, 15) is 4.79 Å². The molecule has 3 heterocycles. The number of morpholine rings is 1. The van der Waals surface area contributed by atoms with Gasteiger partial charge in [0.05, 0.1) is 32.0 Å². The van der Waals surface area contributed by atoms with E-state index in [1.165, 1.54) is 12.8 Å². The van der Waals surface area contributed by atoms with Crippen LogP contribution in [0.2, 0.25) is 0 Å². The molecule has 0 aromatic carbocycles. The molecular formula is C16H24N3O2+. The van der Waals surface area contributed by atoms with Gasteiger partial charge in [0.2, 0.25) is 0 Å². The molecule has 1 amide bonds. The quantitative estimate of drug-likeness (QED) is 0.822. The Bertz CT molecular complexity index is 533. The zero-order valence-corrected chi connectivity index (χ0v) is 12.9. The fraction of sp³-hybridized carbons (Fsp3) is 0.625. The fourth-order valence-corrected chi connectivity index (χ4v) is 3.24. The summed E-state index contributed by atoms with van der Waals surface area (Å²) in [6, 6.07) is 2.06. The first-order chi connectivity index (χ1) is 10.2. The number of aryl methyl sites for hydroxylation is 2. The van der Waals surface area contributed by atoms with Crippen molar-refractivity contribution in [3.05, 3.63) is 22.9 Å². The number of carbonyl (C=O) groups is 1. The monoisotopic (exact) mass is 290 g/mol. The lowest BCUT2D eigenvalue weighted by molar-refractivity contribution is -0.373.